The Balaban J connectivity index is 2.44. The molecule has 1 aromatic heterocycles. The zero-order chi connectivity index (χ0) is 9.97. The summed E-state index contributed by atoms with van der Waals surface area (Å²) in [7, 11) is 0. The third kappa shape index (κ3) is 1.76. The highest BCUT2D eigenvalue weighted by molar-refractivity contribution is 5.54. The third-order valence-corrected chi connectivity index (χ3v) is 1.90. The number of rotatable bonds is 1. The summed E-state index contributed by atoms with van der Waals surface area (Å²) in [5.74, 6) is 0.381. The predicted octanol–water partition coefficient (Wildman–Crippen LogP) is 2.59. The van der Waals surface area contributed by atoms with E-state index in [4.69, 9.17) is 0 Å². The molecule has 1 heterocycles. The highest BCUT2D eigenvalue weighted by Crippen LogP contribution is 2.14. The fraction of sp³-hybridized carbons (Fsp3) is 0.0909. The van der Waals surface area contributed by atoms with Crippen LogP contribution in [0, 0.1) is 12.7 Å². The largest absolute Gasteiger partial charge is 0.237 e. The Morgan fingerprint density at radius 1 is 1.07 bits per heavy atom. The maximum atomic E-state index is 12.6. The molecule has 0 saturated heterocycles. The second kappa shape index (κ2) is 3.54. The van der Waals surface area contributed by atoms with Crippen molar-refractivity contribution in [1.82, 2.24) is 9.97 Å². The van der Waals surface area contributed by atoms with Crippen molar-refractivity contribution >= 4 is 0 Å². The van der Waals surface area contributed by atoms with Gasteiger partial charge in [-0.3, -0.25) is 0 Å². The van der Waals surface area contributed by atoms with E-state index in [1.165, 1.54) is 12.1 Å². The van der Waals surface area contributed by atoms with E-state index in [-0.39, 0.29) is 5.82 Å². The molecule has 0 atom stereocenters. The van der Waals surface area contributed by atoms with Gasteiger partial charge in [0.1, 0.15) is 5.82 Å². The molecule has 0 N–H and O–H groups in total. The molecule has 70 valence electrons. The first kappa shape index (κ1) is 8.81. The molecule has 0 aliphatic rings. The van der Waals surface area contributed by atoms with Crippen molar-refractivity contribution in [3.8, 4) is 11.4 Å². The van der Waals surface area contributed by atoms with Crippen LogP contribution in [0.15, 0.2) is 36.5 Å². The van der Waals surface area contributed by atoms with Gasteiger partial charge in [-0.25, -0.2) is 14.4 Å². The van der Waals surface area contributed by atoms with Gasteiger partial charge in [-0.05, 0) is 37.3 Å². The van der Waals surface area contributed by atoms with E-state index in [1.54, 1.807) is 18.3 Å². The third-order valence-electron chi connectivity index (χ3n) is 1.90. The van der Waals surface area contributed by atoms with E-state index >= 15 is 0 Å². The van der Waals surface area contributed by atoms with Crippen LogP contribution in [0.4, 0.5) is 4.39 Å². The molecule has 2 rings (SSSR count). The zero-order valence-electron chi connectivity index (χ0n) is 7.74. The van der Waals surface area contributed by atoms with Crippen molar-refractivity contribution in [2.75, 3.05) is 0 Å². The first-order chi connectivity index (χ1) is 6.75. The van der Waals surface area contributed by atoms with E-state index in [2.05, 4.69) is 9.97 Å². The topological polar surface area (TPSA) is 25.8 Å². The fourth-order valence-corrected chi connectivity index (χ4v) is 1.19. The molecule has 0 amide bonds. The number of aryl methyl sites for hydroxylation is 1. The molecule has 0 aliphatic carbocycles. The first-order valence-electron chi connectivity index (χ1n) is 4.31. The Bertz CT molecular complexity index is 437. The lowest BCUT2D eigenvalue weighted by Crippen LogP contribution is -1.90. The number of hydrogen-bond donors (Lipinski definition) is 0. The van der Waals surface area contributed by atoms with Crippen LogP contribution in [0.3, 0.4) is 0 Å². The number of aromatic nitrogens is 2. The molecule has 14 heavy (non-hydrogen) atoms. The first-order valence-corrected chi connectivity index (χ1v) is 4.31. The van der Waals surface area contributed by atoms with Crippen molar-refractivity contribution in [2.45, 2.75) is 6.92 Å². The minimum absolute atomic E-state index is 0.249. The average Bonchev–Trinajstić information content (AvgIpc) is 2.19. The van der Waals surface area contributed by atoms with E-state index in [9.17, 15) is 4.39 Å². The average molecular weight is 188 g/mol. The maximum Gasteiger partial charge on any atom is 0.159 e. The second-order valence-electron chi connectivity index (χ2n) is 3.03. The highest BCUT2D eigenvalue weighted by atomic mass is 19.1. The highest BCUT2D eigenvalue weighted by Gasteiger charge is 2.00. The molecule has 3 heteroatoms. The number of halogens is 1. The summed E-state index contributed by atoms with van der Waals surface area (Å²) in [4.78, 5) is 8.35. The maximum absolute atomic E-state index is 12.6. The summed E-state index contributed by atoms with van der Waals surface area (Å²) in [6.07, 6.45) is 1.70. The van der Waals surface area contributed by atoms with Crippen molar-refractivity contribution in [3.63, 3.8) is 0 Å². The Kier molecular flexibility index (Phi) is 2.23. The van der Waals surface area contributed by atoms with Gasteiger partial charge in [-0.2, -0.15) is 0 Å². The zero-order valence-corrected chi connectivity index (χ0v) is 7.74. The molecule has 0 bridgehead atoms. The summed E-state index contributed by atoms with van der Waals surface area (Å²) >= 11 is 0. The van der Waals surface area contributed by atoms with Crippen molar-refractivity contribution in [2.24, 2.45) is 0 Å². The Labute approximate surface area is 81.5 Å². The minimum Gasteiger partial charge on any atom is -0.237 e. The number of nitrogens with zero attached hydrogens (tertiary/aromatic N) is 2. The van der Waals surface area contributed by atoms with Gasteiger partial charge < -0.3 is 0 Å². The van der Waals surface area contributed by atoms with Gasteiger partial charge in [0.05, 0.1) is 0 Å². The molecule has 1 aromatic carbocycles. The molecule has 2 aromatic rings. The summed E-state index contributed by atoms with van der Waals surface area (Å²) in [5, 5.41) is 0. The van der Waals surface area contributed by atoms with E-state index in [0.29, 0.717) is 5.82 Å². The van der Waals surface area contributed by atoms with Crippen molar-refractivity contribution in [3.05, 3.63) is 48.0 Å². The molecule has 2 nitrogen and oxygen atoms in total. The lowest BCUT2D eigenvalue weighted by molar-refractivity contribution is 0.628. The smallest absolute Gasteiger partial charge is 0.159 e. The molecule has 0 saturated carbocycles. The van der Waals surface area contributed by atoms with Gasteiger partial charge in [-0.15, -0.1) is 0 Å². The summed E-state index contributed by atoms with van der Waals surface area (Å²) in [6.45, 7) is 1.90. The number of benzene rings is 1. The van der Waals surface area contributed by atoms with Gasteiger partial charge in [0.2, 0.25) is 0 Å². The van der Waals surface area contributed by atoms with E-state index < -0.39 is 0 Å². The van der Waals surface area contributed by atoms with Crippen molar-refractivity contribution in [1.29, 1.82) is 0 Å². The van der Waals surface area contributed by atoms with Crippen LogP contribution in [-0.2, 0) is 0 Å². The van der Waals surface area contributed by atoms with Crippen LogP contribution in [0.2, 0.25) is 0 Å². The van der Waals surface area contributed by atoms with Crippen LogP contribution in [0.25, 0.3) is 11.4 Å². The Morgan fingerprint density at radius 3 is 2.43 bits per heavy atom. The molecule has 0 spiro atoms. The van der Waals surface area contributed by atoms with Crippen LogP contribution < -0.4 is 0 Å². The van der Waals surface area contributed by atoms with Crippen LogP contribution >= 0.6 is 0 Å². The fourth-order valence-electron chi connectivity index (χ4n) is 1.19. The standard InChI is InChI=1S/C11H9FN2/c1-8-6-7-13-11(14-8)9-2-4-10(12)5-3-9/h2-7H,1H3. The minimum atomic E-state index is -0.249. The predicted molar refractivity (Wildman–Crippen MR) is 52.2 cm³/mol. The molecular weight excluding hydrogens is 179 g/mol. The normalized spacial score (nSPS) is 10.1. The summed E-state index contributed by atoms with van der Waals surface area (Å²) in [5.41, 5.74) is 1.73. The molecule has 0 unspecified atom stereocenters. The lowest BCUT2D eigenvalue weighted by Gasteiger charge is -1.99. The molecule has 0 radical (unpaired) electrons. The van der Waals surface area contributed by atoms with E-state index in [0.717, 1.165) is 11.3 Å². The Hall–Kier alpha value is -1.77. The second-order valence-corrected chi connectivity index (χ2v) is 3.03. The van der Waals surface area contributed by atoms with Crippen molar-refractivity contribution < 1.29 is 4.39 Å². The summed E-state index contributed by atoms with van der Waals surface area (Å²) < 4.78 is 12.6. The van der Waals surface area contributed by atoms with Crippen LogP contribution in [0.1, 0.15) is 5.69 Å². The summed E-state index contributed by atoms with van der Waals surface area (Å²) in [6, 6.07) is 7.98. The number of hydrogen-bond acceptors (Lipinski definition) is 2. The van der Waals surface area contributed by atoms with Gasteiger partial charge in [0.25, 0.3) is 0 Å². The lowest BCUT2D eigenvalue weighted by atomic mass is 10.2. The SMILES string of the molecule is Cc1ccnc(-c2ccc(F)cc2)n1. The molecule has 0 fully saturated rings. The van der Waals surface area contributed by atoms with Gasteiger partial charge in [0.15, 0.2) is 5.82 Å². The van der Waals surface area contributed by atoms with E-state index in [1.807, 2.05) is 13.0 Å². The van der Waals surface area contributed by atoms with Gasteiger partial charge in [0, 0.05) is 17.5 Å². The quantitative estimate of drug-likeness (QED) is 0.687. The monoisotopic (exact) mass is 188 g/mol. The molecular formula is C11H9FN2. The Morgan fingerprint density at radius 2 is 1.79 bits per heavy atom. The van der Waals surface area contributed by atoms with Crippen LogP contribution in [-0.4, -0.2) is 9.97 Å². The van der Waals surface area contributed by atoms with Gasteiger partial charge in [-0.1, -0.05) is 0 Å². The van der Waals surface area contributed by atoms with Crippen LogP contribution in [0.5, 0.6) is 0 Å². The van der Waals surface area contributed by atoms with Gasteiger partial charge >= 0.3 is 0 Å². The molecule has 0 aliphatic heterocycles.